The molecule has 0 aromatic heterocycles. The van der Waals surface area contributed by atoms with Gasteiger partial charge in [-0.15, -0.1) is 0 Å². The lowest BCUT2D eigenvalue weighted by molar-refractivity contribution is -0.259. The number of carboxylic acid groups (broad SMARTS) is 1. The Morgan fingerprint density at radius 2 is 1.95 bits per heavy atom. The number of benzene rings is 1. The molecule has 0 saturated carbocycles. The van der Waals surface area contributed by atoms with Gasteiger partial charge in [-0.25, -0.2) is 0 Å². The van der Waals surface area contributed by atoms with Crippen molar-refractivity contribution in [3.05, 3.63) is 39.4 Å². The number of carbonyl (C=O) groups is 1. The van der Waals surface area contributed by atoms with Crippen molar-refractivity contribution in [3.63, 3.8) is 0 Å². The second-order valence-electron chi connectivity index (χ2n) is 4.88. The number of rotatable bonds is 8. The molecule has 5 nitrogen and oxygen atoms in total. The van der Waals surface area contributed by atoms with Crippen LogP contribution in [-0.4, -0.2) is 22.8 Å². The van der Waals surface area contributed by atoms with Crippen LogP contribution in [0.1, 0.15) is 37.7 Å². The zero-order chi connectivity index (χ0) is 15.8. The Morgan fingerprint density at radius 1 is 1.23 bits per heavy atom. The summed E-state index contributed by atoms with van der Waals surface area (Å²) in [5.41, 5.74) is 1.05. The van der Waals surface area contributed by atoms with E-state index >= 15 is 0 Å². The third-order valence-electron chi connectivity index (χ3n) is 3.03. The highest BCUT2D eigenvalue weighted by molar-refractivity contribution is 9.10. The Labute approximate surface area is 142 Å². The molecule has 0 bridgehead atoms. The first-order chi connectivity index (χ1) is 10.6. The van der Waals surface area contributed by atoms with Crippen LogP contribution in [0.4, 0.5) is 0 Å². The molecule has 0 aliphatic carbocycles. The smallest absolute Gasteiger partial charge is 0.303 e. The van der Waals surface area contributed by atoms with Gasteiger partial charge in [-0.1, -0.05) is 40.9 Å². The minimum Gasteiger partial charge on any atom is -0.481 e. The van der Waals surface area contributed by atoms with E-state index in [1.807, 2.05) is 30.3 Å². The van der Waals surface area contributed by atoms with Crippen molar-refractivity contribution in [1.29, 1.82) is 0 Å². The van der Waals surface area contributed by atoms with E-state index in [2.05, 4.69) is 15.9 Å². The normalized spacial score (nSPS) is 16.9. The lowest BCUT2D eigenvalue weighted by Crippen LogP contribution is -2.16. The summed E-state index contributed by atoms with van der Waals surface area (Å²) in [7, 11) is 0. The second-order valence-corrected chi connectivity index (χ2v) is 6.51. The van der Waals surface area contributed by atoms with Crippen LogP contribution in [0.5, 0.6) is 0 Å². The summed E-state index contributed by atoms with van der Waals surface area (Å²) < 4.78 is 6.40. The topological polar surface area (TPSA) is 59.0 Å². The van der Waals surface area contributed by atoms with Gasteiger partial charge in [-0.3, -0.25) is 4.79 Å². The Hall–Kier alpha value is -1.02. The van der Waals surface area contributed by atoms with Gasteiger partial charge in [0.2, 0.25) is 5.09 Å². The summed E-state index contributed by atoms with van der Waals surface area (Å²) in [4.78, 5) is 16.0. The molecule has 1 heterocycles. The molecule has 1 fully saturated rings. The van der Waals surface area contributed by atoms with Crippen LogP contribution in [0.2, 0.25) is 0 Å². The molecule has 0 atom stereocenters. The molecule has 1 aliphatic heterocycles. The van der Waals surface area contributed by atoms with Crippen LogP contribution >= 0.6 is 28.0 Å². The van der Waals surface area contributed by atoms with Gasteiger partial charge in [0.25, 0.3) is 0 Å². The van der Waals surface area contributed by atoms with Crippen LogP contribution in [0, 0.1) is 0 Å². The number of carboxylic acids is 1. The molecule has 22 heavy (non-hydrogen) atoms. The maximum absolute atomic E-state index is 10.4. The highest BCUT2D eigenvalue weighted by atomic mass is 79.9. The maximum atomic E-state index is 10.4. The average Bonchev–Trinajstić information content (AvgIpc) is 2.92. The van der Waals surface area contributed by atoms with E-state index < -0.39 is 5.97 Å². The molecule has 120 valence electrons. The van der Waals surface area contributed by atoms with E-state index in [0.29, 0.717) is 11.6 Å². The number of unbranched alkanes of at least 4 members (excludes halogenated alkanes) is 3. The fraction of sp³-hybridized carbons (Fsp3) is 0.400. The second kappa shape index (κ2) is 9.19. The van der Waals surface area contributed by atoms with Gasteiger partial charge in [0.05, 0.1) is 18.6 Å². The maximum Gasteiger partial charge on any atom is 0.303 e. The largest absolute Gasteiger partial charge is 0.481 e. The van der Waals surface area contributed by atoms with Crippen molar-refractivity contribution in [2.75, 3.05) is 6.54 Å². The molecule has 0 amide bonds. The number of aliphatic carboxylic acids is 1. The monoisotopic (exact) mass is 387 g/mol. The van der Waals surface area contributed by atoms with Crippen LogP contribution in [0.3, 0.4) is 0 Å². The molecule has 1 N–H and O–H groups in total. The van der Waals surface area contributed by atoms with Crippen LogP contribution in [0.15, 0.2) is 33.8 Å². The SMILES string of the molecule is O=C(O)CCCCCCN1OSC(=Cc2ccc(Br)cc2)O1. The summed E-state index contributed by atoms with van der Waals surface area (Å²) in [6.07, 6.45) is 5.67. The number of nitrogens with zero attached hydrogens (tertiary/aromatic N) is 1. The molecule has 1 aromatic rings. The first kappa shape index (κ1) is 17.3. The zero-order valence-corrected chi connectivity index (χ0v) is 14.4. The lowest BCUT2D eigenvalue weighted by Gasteiger charge is -2.09. The van der Waals surface area contributed by atoms with Crippen LogP contribution in [-0.2, 0) is 13.9 Å². The van der Waals surface area contributed by atoms with E-state index in [-0.39, 0.29) is 6.42 Å². The van der Waals surface area contributed by atoms with Gasteiger partial charge in [-0.05, 0) is 41.8 Å². The van der Waals surface area contributed by atoms with Gasteiger partial charge in [0.1, 0.15) is 0 Å². The van der Waals surface area contributed by atoms with E-state index in [0.717, 1.165) is 35.7 Å². The van der Waals surface area contributed by atoms with Crippen molar-refractivity contribution in [2.45, 2.75) is 32.1 Å². The predicted octanol–water partition coefficient (Wildman–Crippen LogP) is 4.61. The van der Waals surface area contributed by atoms with Gasteiger partial charge < -0.3 is 9.94 Å². The first-order valence-electron chi connectivity index (χ1n) is 7.13. The summed E-state index contributed by atoms with van der Waals surface area (Å²) in [6, 6.07) is 7.93. The Morgan fingerprint density at radius 3 is 2.68 bits per heavy atom. The standard InChI is InChI=1S/C15H18BrNO4S/c16-13-8-6-12(7-9-13)11-15-20-17(21-22-15)10-4-2-1-3-5-14(18)19/h6-9,11H,1-5,10H2,(H,18,19). The molecule has 0 unspecified atom stereocenters. The molecule has 1 aliphatic rings. The molecular formula is C15H18BrNO4S. The Kier molecular flexibility index (Phi) is 7.24. The Balaban J connectivity index is 1.65. The minimum atomic E-state index is -0.731. The molecular weight excluding hydrogens is 370 g/mol. The van der Waals surface area contributed by atoms with E-state index in [9.17, 15) is 4.79 Å². The quantitative estimate of drug-likeness (QED) is 0.519. The van der Waals surface area contributed by atoms with E-state index in [4.69, 9.17) is 14.2 Å². The van der Waals surface area contributed by atoms with Crippen molar-refractivity contribution in [1.82, 2.24) is 5.23 Å². The summed E-state index contributed by atoms with van der Waals surface area (Å²) >= 11 is 4.60. The Bertz CT molecular complexity index is 521. The van der Waals surface area contributed by atoms with Crippen molar-refractivity contribution in [2.24, 2.45) is 0 Å². The molecule has 1 aromatic carbocycles. The van der Waals surface area contributed by atoms with E-state index in [1.54, 1.807) is 0 Å². The fourth-order valence-corrected chi connectivity index (χ4v) is 2.73. The van der Waals surface area contributed by atoms with Crippen molar-refractivity contribution >= 4 is 40.0 Å². The number of hydrogen-bond acceptors (Lipinski definition) is 5. The molecule has 7 heteroatoms. The zero-order valence-electron chi connectivity index (χ0n) is 12.0. The van der Waals surface area contributed by atoms with Gasteiger partial charge in [0, 0.05) is 10.9 Å². The van der Waals surface area contributed by atoms with Crippen molar-refractivity contribution in [3.8, 4) is 0 Å². The molecule has 1 saturated heterocycles. The third kappa shape index (κ3) is 6.39. The highest BCUT2D eigenvalue weighted by Crippen LogP contribution is 2.31. The first-order valence-corrected chi connectivity index (χ1v) is 8.66. The number of hydroxylamine groups is 2. The summed E-state index contributed by atoms with van der Waals surface area (Å²) in [5, 5.41) is 10.7. The molecule has 0 spiro atoms. The number of halogens is 1. The molecule has 2 rings (SSSR count). The number of hydrogen-bond donors (Lipinski definition) is 1. The predicted molar refractivity (Wildman–Crippen MR) is 89.3 cm³/mol. The lowest BCUT2D eigenvalue weighted by atomic mass is 10.1. The summed E-state index contributed by atoms with van der Waals surface area (Å²) in [5.74, 6) is -0.731. The van der Waals surface area contributed by atoms with Gasteiger partial charge in [0.15, 0.2) is 0 Å². The van der Waals surface area contributed by atoms with Gasteiger partial charge >= 0.3 is 5.97 Å². The van der Waals surface area contributed by atoms with Crippen molar-refractivity contribution < 1.29 is 19.0 Å². The van der Waals surface area contributed by atoms with Crippen LogP contribution < -0.4 is 0 Å². The van der Waals surface area contributed by atoms with Crippen LogP contribution in [0.25, 0.3) is 6.08 Å². The molecule has 0 radical (unpaired) electrons. The highest BCUT2D eigenvalue weighted by Gasteiger charge is 2.20. The van der Waals surface area contributed by atoms with E-state index in [1.165, 1.54) is 17.3 Å². The summed E-state index contributed by atoms with van der Waals surface area (Å²) in [6.45, 7) is 0.664. The fourth-order valence-electron chi connectivity index (χ4n) is 1.91. The third-order valence-corrected chi connectivity index (χ3v) is 4.16. The van der Waals surface area contributed by atoms with Gasteiger partial charge in [-0.2, -0.15) is 4.28 Å². The minimum absolute atomic E-state index is 0.243. The average molecular weight is 388 g/mol.